The van der Waals surface area contributed by atoms with Crippen molar-refractivity contribution in [2.75, 3.05) is 12.4 Å². The lowest BCUT2D eigenvalue weighted by Crippen LogP contribution is -2.22. The van der Waals surface area contributed by atoms with Crippen LogP contribution in [0.25, 0.3) is 0 Å². The average molecular weight is 384 g/mol. The van der Waals surface area contributed by atoms with Gasteiger partial charge in [0.05, 0.1) is 24.9 Å². The molecule has 0 aromatic heterocycles. The maximum Gasteiger partial charge on any atom is 0.271 e. The van der Waals surface area contributed by atoms with E-state index in [1.807, 2.05) is 0 Å². The van der Waals surface area contributed by atoms with E-state index < -0.39 is 10.8 Å². The molecule has 28 heavy (non-hydrogen) atoms. The van der Waals surface area contributed by atoms with Crippen LogP contribution in [0.1, 0.15) is 18.9 Å². The number of nitrogens with zero attached hydrogens (tertiary/aromatic N) is 2. The maximum atomic E-state index is 12.0. The second-order valence-corrected chi connectivity index (χ2v) is 5.94. The van der Waals surface area contributed by atoms with Crippen molar-refractivity contribution in [3.8, 4) is 5.75 Å². The first-order valence-electron chi connectivity index (χ1n) is 8.36. The Kier molecular flexibility index (Phi) is 7.21. The summed E-state index contributed by atoms with van der Waals surface area (Å²) in [4.78, 5) is 34.2. The molecular weight excluding hydrogens is 364 g/mol. The Bertz CT molecular complexity index is 893. The van der Waals surface area contributed by atoms with Crippen molar-refractivity contribution < 1.29 is 19.2 Å². The predicted molar refractivity (Wildman–Crippen MR) is 104 cm³/mol. The number of amides is 2. The van der Waals surface area contributed by atoms with Gasteiger partial charge in [0, 0.05) is 23.5 Å². The summed E-state index contributed by atoms with van der Waals surface area (Å²) in [6.45, 7) is 1.60. The van der Waals surface area contributed by atoms with Crippen LogP contribution in [-0.2, 0) is 16.0 Å². The van der Waals surface area contributed by atoms with E-state index in [0.29, 0.717) is 17.1 Å². The van der Waals surface area contributed by atoms with Gasteiger partial charge in [-0.15, -0.1) is 0 Å². The second-order valence-electron chi connectivity index (χ2n) is 5.94. The Labute approximate surface area is 161 Å². The molecule has 2 aromatic rings. The Morgan fingerprint density at radius 2 is 1.86 bits per heavy atom. The van der Waals surface area contributed by atoms with Gasteiger partial charge in [-0.2, -0.15) is 5.10 Å². The van der Waals surface area contributed by atoms with Crippen molar-refractivity contribution in [1.82, 2.24) is 5.43 Å². The van der Waals surface area contributed by atoms with Crippen molar-refractivity contribution in [3.05, 3.63) is 64.2 Å². The molecule has 0 saturated carbocycles. The largest absolute Gasteiger partial charge is 0.497 e. The molecule has 0 aliphatic heterocycles. The molecule has 0 saturated heterocycles. The number of benzene rings is 2. The molecule has 0 spiro atoms. The van der Waals surface area contributed by atoms with E-state index in [0.717, 1.165) is 5.56 Å². The van der Waals surface area contributed by atoms with Crippen molar-refractivity contribution >= 4 is 28.9 Å². The molecule has 0 heterocycles. The van der Waals surface area contributed by atoms with Gasteiger partial charge in [0.1, 0.15) is 5.75 Å². The number of hydrazone groups is 1. The molecule has 0 atom stereocenters. The number of hydrogen-bond acceptors (Lipinski definition) is 6. The zero-order chi connectivity index (χ0) is 20.5. The Morgan fingerprint density at radius 1 is 1.14 bits per heavy atom. The Balaban J connectivity index is 1.83. The van der Waals surface area contributed by atoms with E-state index in [1.54, 1.807) is 44.4 Å². The number of anilines is 1. The van der Waals surface area contributed by atoms with Crippen LogP contribution in [0.4, 0.5) is 11.4 Å². The average Bonchev–Trinajstić information content (AvgIpc) is 2.67. The predicted octanol–water partition coefficient (Wildman–Crippen LogP) is 2.67. The minimum atomic E-state index is -0.541. The lowest BCUT2D eigenvalue weighted by atomic mass is 10.1. The first kappa shape index (κ1) is 20.6. The van der Waals surface area contributed by atoms with E-state index in [4.69, 9.17) is 4.74 Å². The summed E-state index contributed by atoms with van der Waals surface area (Å²) in [5, 5.41) is 17.2. The van der Waals surface area contributed by atoms with E-state index in [9.17, 15) is 19.7 Å². The number of rotatable bonds is 8. The van der Waals surface area contributed by atoms with Gasteiger partial charge in [-0.1, -0.05) is 18.2 Å². The second kappa shape index (κ2) is 9.81. The lowest BCUT2D eigenvalue weighted by molar-refractivity contribution is -0.384. The molecule has 0 unspecified atom stereocenters. The van der Waals surface area contributed by atoms with Gasteiger partial charge >= 0.3 is 0 Å². The summed E-state index contributed by atoms with van der Waals surface area (Å²) < 4.78 is 5.06. The Morgan fingerprint density at radius 3 is 2.50 bits per heavy atom. The van der Waals surface area contributed by atoms with Crippen LogP contribution in [0.2, 0.25) is 0 Å². The number of carbonyl (C=O) groups excluding carboxylic acids is 2. The van der Waals surface area contributed by atoms with Crippen molar-refractivity contribution in [2.45, 2.75) is 19.8 Å². The third kappa shape index (κ3) is 6.52. The maximum absolute atomic E-state index is 12.0. The molecule has 2 rings (SSSR count). The molecule has 2 amide bonds. The number of non-ortho nitro benzene ring substituents is 1. The van der Waals surface area contributed by atoms with Crippen LogP contribution in [0.15, 0.2) is 53.6 Å². The third-order valence-electron chi connectivity index (χ3n) is 3.65. The zero-order valence-electron chi connectivity index (χ0n) is 15.5. The zero-order valence-corrected chi connectivity index (χ0v) is 15.5. The van der Waals surface area contributed by atoms with Gasteiger partial charge in [-0.05, 0) is 30.7 Å². The van der Waals surface area contributed by atoms with Crippen molar-refractivity contribution in [3.63, 3.8) is 0 Å². The molecule has 0 radical (unpaired) electrons. The monoisotopic (exact) mass is 384 g/mol. The lowest BCUT2D eigenvalue weighted by Gasteiger charge is -2.06. The van der Waals surface area contributed by atoms with Crippen LogP contribution in [0, 0.1) is 10.1 Å². The van der Waals surface area contributed by atoms with Crippen molar-refractivity contribution in [2.24, 2.45) is 5.10 Å². The minimum Gasteiger partial charge on any atom is -0.497 e. The van der Waals surface area contributed by atoms with Crippen LogP contribution in [0.3, 0.4) is 0 Å². The number of ether oxygens (including phenoxy) is 1. The van der Waals surface area contributed by atoms with Gasteiger partial charge in [0.15, 0.2) is 0 Å². The molecule has 0 aliphatic rings. The van der Waals surface area contributed by atoms with E-state index in [2.05, 4.69) is 15.8 Å². The number of nitro benzene ring substituents is 1. The summed E-state index contributed by atoms with van der Waals surface area (Å²) in [5.74, 6) is -0.0115. The first-order valence-corrected chi connectivity index (χ1v) is 8.36. The van der Waals surface area contributed by atoms with Crippen LogP contribution >= 0.6 is 0 Å². The first-order chi connectivity index (χ1) is 13.4. The fourth-order valence-electron chi connectivity index (χ4n) is 2.30. The highest BCUT2D eigenvalue weighted by atomic mass is 16.6. The van der Waals surface area contributed by atoms with Gasteiger partial charge in [-0.3, -0.25) is 19.7 Å². The normalized spacial score (nSPS) is 10.9. The minimum absolute atomic E-state index is 0.0640. The van der Waals surface area contributed by atoms with E-state index in [1.165, 1.54) is 18.2 Å². The number of hydrogen-bond donors (Lipinski definition) is 2. The Hall–Kier alpha value is -3.75. The fourth-order valence-corrected chi connectivity index (χ4v) is 2.30. The topological polar surface area (TPSA) is 123 Å². The summed E-state index contributed by atoms with van der Waals surface area (Å²) >= 11 is 0. The molecular formula is C19H20N4O5. The molecule has 0 bridgehead atoms. The molecule has 0 aliphatic carbocycles. The van der Waals surface area contributed by atoms with Crippen molar-refractivity contribution in [1.29, 1.82) is 0 Å². The van der Waals surface area contributed by atoms with Crippen LogP contribution in [0.5, 0.6) is 5.75 Å². The van der Waals surface area contributed by atoms with Crippen LogP contribution < -0.4 is 15.5 Å². The van der Waals surface area contributed by atoms with E-state index in [-0.39, 0.29) is 24.4 Å². The molecule has 9 nitrogen and oxygen atoms in total. The smallest absolute Gasteiger partial charge is 0.271 e. The molecule has 146 valence electrons. The number of methoxy groups -OCH3 is 1. The number of nitro groups is 1. The molecule has 2 aromatic carbocycles. The fraction of sp³-hybridized carbons (Fsp3) is 0.211. The SMILES string of the molecule is COc1ccc(CC(=O)N/N=C(\C)CC(=O)Nc2cccc([N+](=O)[O-])c2)cc1. The summed E-state index contributed by atoms with van der Waals surface area (Å²) in [6, 6.07) is 12.7. The van der Waals surface area contributed by atoms with Gasteiger partial charge in [-0.25, -0.2) is 5.43 Å². The van der Waals surface area contributed by atoms with Crippen LogP contribution in [-0.4, -0.2) is 29.6 Å². The molecule has 0 fully saturated rings. The van der Waals surface area contributed by atoms with Gasteiger partial charge in [0.2, 0.25) is 11.8 Å². The summed E-state index contributed by atoms with van der Waals surface area (Å²) in [6.07, 6.45) is 0.0756. The molecule has 2 N–H and O–H groups in total. The third-order valence-corrected chi connectivity index (χ3v) is 3.65. The van der Waals surface area contributed by atoms with Gasteiger partial charge in [0.25, 0.3) is 5.69 Å². The summed E-state index contributed by atoms with van der Waals surface area (Å²) in [5.41, 5.74) is 3.79. The highest BCUT2D eigenvalue weighted by molar-refractivity contribution is 6.05. The number of carbonyl (C=O) groups is 2. The highest BCUT2D eigenvalue weighted by Crippen LogP contribution is 2.17. The quantitative estimate of drug-likeness (QED) is 0.411. The number of nitrogens with one attached hydrogen (secondary N) is 2. The standard InChI is InChI=1S/C19H20N4O5/c1-13(10-18(24)20-15-4-3-5-16(12-15)23(26)27)21-22-19(25)11-14-6-8-17(28-2)9-7-14/h3-9,12H,10-11H2,1-2H3,(H,20,24)(H,22,25)/b21-13+. The van der Waals surface area contributed by atoms with E-state index >= 15 is 0 Å². The highest BCUT2D eigenvalue weighted by Gasteiger charge is 2.10. The molecule has 9 heteroatoms. The summed E-state index contributed by atoms with van der Waals surface area (Å²) in [7, 11) is 1.56. The van der Waals surface area contributed by atoms with Gasteiger partial charge < -0.3 is 10.1 Å².